The van der Waals surface area contributed by atoms with Gasteiger partial charge in [-0.15, -0.1) is 0 Å². The highest BCUT2D eigenvalue weighted by molar-refractivity contribution is 5.69. The number of halogens is 1. The van der Waals surface area contributed by atoms with Crippen LogP contribution in [-0.2, 0) is 11.3 Å². The van der Waals surface area contributed by atoms with E-state index in [0.29, 0.717) is 6.54 Å². The van der Waals surface area contributed by atoms with Gasteiger partial charge in [-0.2, -0.15) is 0 Å². The van der Waals surface area contributed by atoms with Crippen LogP contribution in [0.1, 0.15) is 18.9 Å². The second-order valence-electron chi connectivity index (χ2n) is 5.74. The summed E-state index contributed by atoms with van der Waals surface area (Å²) in [5, 5.41) is 11.8. The molecular weight excluding hydrogens is 275 g/mol. The number of aliphatic carboxylic acids is 1. The van der Waals surface area contributed by atoms with Gasteiger partial charge in [0.2, 0.25) is 0 Å². The molecule has 0 amide bonds. The van der Waals surface area contributed by atoms with Crippen LogP contribution >= 0.6 is 0 Å². The van der Waals surface area contributed by atoms with Crippen LogP contribution in [0, 0.1) is 5.82 Å². The van der Waals surface area contributed by atoms with Crippen molar-refractivity contribution < 1.29 is 19.0 Å². The molecule has 0 spiro atoms. The Labute approximate surface area is 123 Å². The molecule has 1 saturated heterocycles. The third kappa shape index (κ3) is 4.15. The van der Waals surface area contributed by atoms with Gasteiger partial charge >= 0.3 is 5.97 Å². The maximum Gasteiger partial charge on any atom is 0.317 e. The van der Waals surface area contributed by atoms with Crippen molar-refractivity contribution >= 4 is 5.97 Å². The van der Waals surface area contributed by atoms with E-state index in [9.17, 15) is 9.18 Å². The first-order valence-electron chi connectivity index (χ1n) is 6.93. The summed E-state index contributed by atoms with van der Waals surface area (Å²) in [4.78, 5) is 12.8. The van der Waals surface area contributed by atoms with E-state index in [1.165, 1.54) is 13.2 Å². The summed E-state index contributed by atoms with van der Waals surface area (Å²) in [7, 11) is 1.44. The molecule has 2 rings (SSSR count). The zero-order valence-corrected chi connectivity index (χ0v) is 12.4. The molecule has 116 valence electrons. The lowest BCUT2D eigenvalue weighted by Gasteiger charge is -2.25. The molecule has 1 aliphatic heterocycles. The van der Waals surface area contributed by atoms with Gasteiger partial charge in [-0.25, -0.2) is 4.39 Å². The van der Waals surface area contributed by atoms with E-state index in [1.54, 1.807) is 6.07 Å². The van der Waals surface area contributed by atoms with Crippen LogP contribution in [-0.4, -0.2) is 48.3 Å². The molecular formula is C15H21FN2O3. The number of methoxy groups -OCH3 is 1. The Bertz CT molecular complexity index is 524. The predicted octanol–water partition coefficient (Wildman–Crippen LogP) is 1.47. The molecule has 1 aromatic rings. The quantitative estimate of drug-likeness (QED) is 0.832. The second-order valence-corrected chi connectivity index (χ2v) is 5.74. The van der Waals surface area contributed by atoms with Crippen LogP contribution < -0.4 is 10.1 Å². The molecule has 21 heavy (non-hydrogen) atoms. The van der Waals surface area contributed by atoms with Gasteiger partial charge in [-0.3, -0.25) is 9.69 Å². The van der Waals surface area contributed by atoms with E-state index < -0.39 is 5.97 Å². The molecule has 6 heteroatoms. The smallest absolute Gasteiger partial charge is 0.317 e. The molecule has 1 unspecified atom stereocenters. The highest BCUT2D eigenvalue weighted by Gasteiger charge is 2.33. The Balaban J connectivity index is 1.93. The number of hydrogen-bond acceptors (Lipinski definition) is 4. The fourth-order valence-electron chi connectivity index (χ4n) is 2.69. The van der Waals surface area contributed by atoms with Gasteiger partial charge in [0, 0.05) is 25.2 Å². The molecule has 1 fully saturated rings. The van der Waals surface area contributed by atoms with Gasteiger partial charge in [0.05, 0.1) is 13.7 Å². The summed E-state index contributed by atoms with van der Waals surface area (Å²) in [5.74, 6) is -0.971. The van der Waals surface area contributed by atoms with Gasteiger partial charge in [0.1, 0.15) is 0 Å². The van der Waals surface area contributed by atoms with Gasteiger partial charge < -0.3 is 15.2 Å². The van der Waals surface area contributed by atoms with Crippen LogP contribution in [0.2, 0.25) is 0 Å². The second kappa shape index (κ2) is 6.41. The summed E-state index contributed by atoms with van der Waals surface area (Å²) < 4.78 is 18.6. The Kier molecular flexibility index (Phi) is 4.80. The fraction of sp³-hybridized carbons (Fsp3) is 0.533. The minimum atomic E-state index is -0.855. The number of hydrogen-bond donors (Lipinski definition) is 2. The van der Waals surface area contributed by atoms with Gasteiger partial charge in [0.25, 0.3) is 0 Å². The number of benzene rings is 1. The monoisotopic (exact) mass is 296 g/mol. The van der Waals surface area contributed by atoms with Crippen molar-refractivity contribution in [2.45, 2.75) is 25.4 Å². The molecule has 0 saturated carbocycles. The number of nitrogens with one attached hydrogen (secondary N) is 1. The van der Waals surface area contributed by atoms with E-state index in [-0.39, 0.29) is 23.7 Å². The molecule has 1 aromatic carbocycles. The third-order valence-electron chi connectivity index (χ3n) is 3.84. The van der Waals surface area contributed by atoms with E-state index in [2.05, 4.69) is 10.2 Å². The number of carboxylic acid groups (broad SMARTS) is 1. The topological polar surface area (TPSA) is 61.8 Å². The Morgan fingerprint density at radius 2 is 2.33 bits per heavy atom. The molecule has 0 bridgehead atoms. The maximum absolute atomic E-state index is 13.7. The predicted molar refractivity (Wildman–Crippen MR) is 76.9 cm³/mol. The lowest BCUT2D eigenvalue weighted by molar-refractivity contribution is -0.136. The highest BCUT2D eigenvalue weighted by atomic mass is 19.1. The normalized spacial score (nSPS) is 22.4. The van der Waals surface area contributed by atoms with Crippen LogP contribution in [0.5, 0.6) is 5.75 Å². The average molecular weight is 296 g/mol. The fourth-order valence-corrected chi connectivity index (χ4v) is 2.69. The zero-order valence-electron chi connectivity index (χ0n) is 12.4. The Morgan fingerprint density at radius 1 is 1.57 bits per heavy atom. The Hall–Kier alpha value is -1.66. The summed E-state index contributed by atoms with van der Waals surface area (Å²) in [5.41, 5.74) is 0.680. The van der Waals surface area contributed by atoms with Gasteiger partial charge in [-0.05, 0) is 31.0 Å². The average Bonchev–Trinajstić information content (AvgIpc) is 2.79. The third-order valence-corrected chi connectivity index (χ3v) is 3.84. The molecule has 0 aliphatic carbocycles. The van der Waals surface area contributed by atoms with Crippen molar-refractivity contribution in [2.24, 2.45) is 0 Å². The number of rotatable bonds is 6. The summed E-state index contributed by atoms with van der Waals surface area (Å²) in [6, 6.07) is 4.96. The van der Waals surface area contributed by atoms with E-state index in [4.69, 9.17) is 9.84 Å². The zero-order chi connectivity index (χ0) is 15.5. The summed E-state index contributed by atoms with van der Waals surface area (Å²) >= 11 is 0. The van der Waals surface area contributed by atoms with Crippen LogP contribution in [0.3, 0.4) is 0 Å². The van der Waals surface area contributed by atoms with Crippen molar-refractivity contribution in [1.82, 2.24) is 10.2 Å². The first kappa shape index (κ1) is 15.7. The molecule has 0 aromatic heterocycles. The minimum Gasteiger partial charge on any atom is -0.494 e. The SMILES string of the molecule is COc1ccc(CN2CCC(C)(NCC(=O)O)C2)cc1F. The number of ether oxygens (including phenoxy) is 1. The van der Waals surface area contributed by atoms with Gasteiger partial charge in [-0.1, -0.05) is 6.07 Å². The molecule has 1 heterocycles. The largest absolute Gasteiger partial charge is 0.494 e. The lowest BCUT2D eigenvalue weighted by Crippen LogP contribution is -2.46. The first-order valence-corrected chi connectivity index (χ1v) is 6.93. The summed E-state index contributed by atoms with van der Waals surface area (Å²) in [6.07, 6.45) is 0.874. The summed E-state index contributed by atoms with van der Waals surface area (Å²) in [6.45, 7) is 4.22. The standard InChI is InChI=1S/C15H21FN2O3/c1-15(17-8-14(19)20)5-6-18(10-15)9-11-3-4-13(21-2)12(16)7-11/h3-4,7,17H,5-6,8-10H2,1-2H3,(H,19,20). The van der Waals surface area contributed by atoms with Crippen molar-refractivity contribution in [3.8, 4) is 5.75 Å². The van der Waals surface area contributed by atoms with Gasteiger partial charge in [0.15, 0.2) is 11.6 Å². The van der Waals surface area contributed by atoms with Crippen LogP contribution in [0.4, 0.5) is 4.39 Å². The van der Waals surface area contributed by atoms with Crippen LogP contribution in [0.15, 0.2) is 18.2 Å². The van der Waals surface area contributed by atoms with Crippen molar-refractivity contribution in [2.75, 3.05) is 26.7 Å². The van der Waals surface area contributed by atoms with E-state index >= 15 is 0 Å². The molecule has 0 radical (unpaired) electrons. The van der Waals surface area contributed by atoms with Crippen molar-refractivity contribution in [3.63, 3.8) is 0 Å². The van der Waals surface area contributed by atoms with Crippen LogP contribution in [0.25, 0.3) is 0 Å². The van der Waals surface area contributed by atoms with E-state index in [1.807, 2.05) is 13.0 Å². The molecule has 1 aliphatic rings. The minimum absolute atomic E-state index is 0.0402. The number of nitrogens with zero attached hydrogens (tertiary/aromatic N) is 1. The maximum atomic E-state index is 13.7. The highest BCUT2D eigenvalue weighted by Crippen LogP contribution is 2.24. The molecule has 5 nitrogen and oxygen atoms in total. The van der Waals surface area contributed by atoms with Crippen molar-refractivity contribution in [3.05, 3.63) is 29.6 Å². The first-order chi connectivity index (χ1) is 9.92. The Morgan fingerprint density at radius 3 is 2.95 bits per heavy atom. The molecule has 2 N–H and O–H groups in total. The van der Waals surface area contributed by atoms with E-state index in [0.717, 1.165) is 25.1 Å². The molecule has 1 atom stereocenters. The number of likely N-dealkylation sites (tertiary alicyclic amines) is 1. The number of carboxylic acids is 1. The van der Waals surface area contributed by atoms with Crippen molar-refractivity contribution in [1.29, 1.82) is 0 Å². The number of carbonyl (C=O) groups is 1. The lowest BCUT2D eigenvalue weighted by atomic mass is 10.0.